The van der Waals surface area contributed by atoms with Gasteiger partial charge in [-0.15, -0.1) is 5.10 Å². The number of amides is 1. The lowest BCUT2D eigenvalue weighted by Gasteiger charge is -2.08. The number of hydrogen-bond donors (Lipinski definition) is 1. The molecule has 1 aromatic heterocycles. The SMILES string of the molecule is COc1ccc(Cn2nnnc2SCC(=O)NCC(C)C)cc1. The van der Waals surface area contributed by atoms with Crippen LogP contribution >= 0.6 is 11.8 Å². The Morgan fingerprint density at radius 3 is 2.74 bits per heavy atom. The summed E-state index contributed by atoms with van der Waals surface area (Å²) in [6.45, 7) is 5.34. The molecule has 0 aliphatic heterocycles. The van der Waals surface area contributed by atoms with Crippen LogP contribution < -0.4 is 10.1 Å². The number of carbonyl (C=O) groups is 1. The van der Waals surface area contributed by atoms with Gasteiger partial charge in [0.25, 0.3) is 0 Å². The van der Waals surface area contributed by atoms with Crippen LogP contribution in [0.1, 0.15) is 19.4 Å². The van der Waals surface area contributed by atoms with E-state index in [1.807, 2.05) is 24.3 Å². The van der Waals surface area contributed by atoms with Gasteiger partial charge >= 0.3 is 0 Å². The smallest absolute Gasteiger partial charge is 0.230 e. The van der Waals surface area contributed by atoms with Gasteiger partial charge in [-0.3, -0.25) is 4.79 Å². The molecular formula is C15H21N5O2S. The number of hydrogen-bond acceptors (Lipinski definition) is 6. The van der Waals surface area contributed by atoms with Gasteiger partial charge in [0.2, 0.25) is 11.1 Å². The first kappa shape index (κ1) is 17.3. The Morgan fingerprint density at radius 2 is 2.09 bits per heavy atom. The Morgan fingerprint density at radius 1 is 1.35 bits per heavy atom. The van der Waals surface area contributed by atoms with Crippen molar-refractivity contribution in [3.63, 3.8) is 0 Å². The lowest BCUT2D eigenvalue weighted by Crippen LogP contribution is -2.28. The maximum atomic E-state index is 11.8. The van der Waals surface area contributed by atoms with Crippen LogP contribution in [0.3, 0.4) is 0 Å². The Hall–Kier alpha value is -2.09. The van der Waals surface area contributed by atoms with Crippen molar-refractivity contribution < 1.29 is 9.53 Å². The maximum Gasteiger partial charge on any atom is 0.230 e. The first-order chi connectivity index (χ1) is 11.1. The Bertz CT molecular complexity index is 627. The number of tetrazole rings is 1. The van der Waals surface area contributed by atoms with E-state index in [1.165, 1.54) is 11.8 Å². The fourth-order valence-corrected chi connectivity index (χ4v) is 2.51. The van der Waals surface area contributed by atoms with E-state index in [-0.39, 0.29) is 5.91 Å². The van der Waals surface area contributed by atoms with Crippen molar-refractivity contribution in [3.05, 3.63) is 29.8 Å². The van der Waals surface area contributed by atoms with Gasteiger partial charge in [-0.05, 0) is 34.0 Å². The third kappa shape index (κ3) is 5.55. The normalized spacial score (nSPS) is 10.8. The number of ether oxygens (including phenoxy) is 1. The second-order valence-corrected chi connectivity index (χ2v) is 6.40. The zero-order valence-electron chi connectivity index (χ0n) is 13.5. The number of aromatic nitrogens is 4. The minimum absolute atomic E-state index is 0.0114. The number of thioether (sulfide) groups is 1. The molecule has 2 aromatic rings. The molecule has 0 aliphatic rings. The number of benzene rings is 1. The zero-order chi connectivity index (χ0) is 16.7. The van der Waals surface area contributed by atoms with E-state index >= 15 is 0 Å². The third-order valence-electron chi connectivity index (χ3n) is 3.03. The van der Waals surface area contributed by atoms with E-state index in [1.54, 1.807) is 11.8 Å². The number of nitrogens with one attached hydrogen (secondary N) is 1. The molecule has 8 heteroatoms. The average Bonchev–Trinajstić information content (AvgIpc) is 2.98. The second-order valence-electron chi connectivity index (χ2n) is 5.45. The highest BCUT2D eigenvalue weighted by atomic mass is 32.2. The van der Waals surface area contributed by atoms with Crippen molar-refractivity contribution in [1.29, 1.82) is 0 Å². The minimum atomic E-state index is -0.0114. The summed E-state index contributed by atoms with van der Waals surface area (Å²) in [5, 5.41) is 15.1. The van der Waals surface area contributed by atoms with E-state index in [9.17, 15) is 4.79 Å². The van der Waals surface area contributed by atoms with Crippen molar-refractivity contribution >= 4 is 17.7 Å². The monoisotopic (exact) mass is 335 g/mol. The van der Waals surface area contributed by atoms with Crippen LogP contribution in [-0.4, -0.2) is 45.5 Å². The van der Waals surface area contributed by atoms with Crippen molar-refractivity contribution in [2.24, 2.45) is 5.92 Å². The summed E-state index contributed by atoms with van der Waals surface area (Å²) in [5.41, 5.74) is 1.06. The molecule has 1 aromatic carbocycles. The third-order valence-corrected chi connectivity index (χ3v) is 3.99. The molecule has 0 spiro atoms. The molecule has 1 heterocycles. The first-order valence-electron chi connectivity index (χ1n) is 7.37. The Balaban J connectivity index is 1.90. The van der Waals surface area contributed by atoms with E-state index < -0.39 is 0 Å². The summed E-state index contributed by atoms with van der Waals surface area (Å²) in [6.07, 6.45) is 0. The Labute approximate surface area is 139 Å². The van der Waals surface area contributed by atoms with Crippen molar-refractivity contribution in [2.75, 3.05) is 19.4 Å². The van der Waals surface area contributed by atoms with Crippen LogP contribution in [0.5, 0.6) is 5.75 Å². The molecule has 0 bridgehead atoms. The largest absolute Gasteiger partial charge is 0.497 e. The predicted molar refractivity (Wildman–Crippen MR) is 88.5 cm³/mol. The zero-order valence-corrected chi connectivity index (χ0v) is 14.3. The lowest BCUT2D eigenvalue weighted by atomic mass is 10.2. The summed E-state index contributed by atoms with van der Waals surface area (Å²) in [5.74, 6) is 1.53. The number of methoxy groups -OCH3 is 1. The van der Waals surface area contributed by atoms with Crippen molar-refractivity contribution in [3.8, 4) is 5.75 Å². The van der Waals surface area contributed by atoms with Gasteiger partial charge < -0.3 is 10.1 Å². The van der Waals surface area contributed by atoms with Crippen LogP contribution in [0.25, 0.3) is 0 Å². The first-order valence-corrected chi connectivity index (χ1v) is 8.35. The maximum absolute atomic E-state index is 11.8. The standard InChI is InChI=1S/C15H21N5O2S/c1-11(2)8-16-14(21)10-23-15-17-18-19-20(15)9-12-4-6-13(22-3)7-5-12/h4-7,11H,8-10H2,1-3H3,(H,16,21). The van der Waals surface area contributed by atoms with E-state index in [0.29, 0.717) is 29.9 Å². The van der Waals surface area contributed by atoms with E-state index in [2.05, 4.69) is 34.7 Å². The van der Waals surface area contributed by atoms with Crippen LogP contribution in [0.15, 0.2) is 29.4 Å². The van der Waals surface area contributed by atoms with Gasteiger partial charge in [-0.2, -0.15) is 0 Å². The number of carbonyl (C=O) groups excluding carboxylic acids is 1. The van der Waals surface area contributed by atoms with Gasteiger partial charge in [-0.25, -0.2) is 4.68 Å². The summed E-state index contributed by atoms with van der Waals surface area (Å²) >= 11 is 1.33. The van der Waals surface area contributed by atoms with Gasteiger partial charge in [0.1, 0.15) is 5.75 Å². The predicted octanol–water partition coefficient (Wildman–Crippen LogP) is 1.59. The molecule has 0 atom stereocenters. The molecule has 2 rings (SSSR count). The summed E-state index contributed by atoms with van der Waals surface area (Å²) in [7, 11) is 1.63. The van der Waals surface area contributed by atoms with Crippen molar-refractivity contribution in [1.82, 2.24) is 25.5 Å². The lowest BCUT2D eigenvalue weighted by molar-refractivity contribution is -0.118. The molecular weight excluding hydrogens is 314 g/mol. The molecule has 0 saturated heterocycles. The fraction of sp³-hybridized carbons (Fsp3) is 0.467. The van der Waals surface area contributed by atoms with Gasteiger partial charge in [0.05, 0.1) is 19.4 Å². The summed E-state index contributed by atoms with van der Waals surface area (Å²) in [4.78, 5) is 11.8. The van der Waals surface area contributed by atoms with Crippen LogP contribution in [0.2, 0.25) is 0 Å². The Kier molecular flexibility index (Phi) is 6.40. The summed E-state index contributed by atoms with van der Waals surface area (Å²) in [6, 6.07) is 7.71. The molecule has 23 heavy (non-hydrogen) atoms. The van der Waals surface area contributed by atoms with Crippen molar-refractivity contribution in [2.45, 2.75) is 25.5 Å². The van der Waals surface area contributed by atoms with Gasteiger partial charge in [-0.1, -0.05) is 37.7 Å². The molecule has 1 N–H and O–H groups in total. The molecule has 0 radical (unpaired) electrons. The molecule has 0 saturated carbocycles. The molecule has 0 unspecified atom stereocenters. The number of rotatable bonds is 8. The molecule has 7 nitrogen and oxygen atoms in total. The molecule has 0 aliphatic carbocycles. The van der Waals surface area contributed by atoms with Crippen LogP contribution in [0, 0.1) is 5.92 Å². The quantitative estimate of drug-likeness (QED) is 0.738. The topological polar surface area (TPSA) is 81.9 Å². The molecule has 124 valence electrons. The average molecular weight is 335 g/mol. The van der Waals surface area contributed by atoms with Crippen LogP contribution in [0.4, 0.5) is 0 Å². The van der Waals surface area contributed by atoms with Gasteiger partial charge in [0, 0.05) is 6.54 Å². The highest BCUT2D eigenvalue weighted by Gasteiger charge is 2.10. The van der Waals surface area contributed by atoms with Crippen LogP contribution in [-0.2, 0) is 11.3 Å². The summed E-state index contributed by atoms with van der Waals surface area (Å²) < 4.78 is 6.82. The highest BCUT2D eigenvalue weighted by molar-refractivity contribution is 7.99. The minimum Gasteiger partial charge on any atom is -0.497 e. The fourth-order valence-electron chi connectivity index (χ4n) is 1.80. The van der Waals surface area contributed by atoms with E-state index in [0.717, 1.165) is 11.3 Å². The molecule has 0 fully saturated rings. The van der Waals surface area contributed by atoms with E-state index in [4.69, 9.17) is 4.74 Å². The number of nitrogens with zero attached hydrogens (tertiary/aromatic N) is 4. The molecule has 1 amide bonds. The van der Waals surface area contributed by atoms with Gasteiger partial charge in [0.15, 0.2) is 0 Å². The highest BCUT2D eigenvalue weighted by Crippen LogP contribution is 2.16. The second kappa shape index (κ2) is 8.52.